The molecule has 8 nitrogen and oxygen atoms in total. The summed E-state index contributed by atoms with van der Waals surface area (Å²) in [6.45, 7) is 8.26. The highest BCUT2D eigenvalue weighted by molar-refractivity contribution is 8.33. The number of aromatic nitrogens is 4. The maximum Gasteiger partial charge on any atom is 0.280 e. The molecule has 0 fully saturated rings. The van der Waals surface area contributed by atoms with Crippen LogP contribution in [0.2, 0.25) is 0 Å². The molecule has 2 aromatic heterocycles. The molecule has 0 amide bonds. The van der Waals surface area contributed by atoms with Gasteiger partial charge >= 0.3 is 0 Å². The van der Waals surface area contributed by atoms with Gasteiger partial charge in [-0.25, -0.2) is 9.36 Å². The van der Waals surface area contributed by atoms with Gasteiger partial charge in [0.25, 0.3) is 11.1 Å². The third-order valence-corrected chi connectivity index (χ3v) is 12.0. The number of H-pyrrole nitrogens is 2. The monoisotopic (exact) mass is 630 g/mol. The van der Waals surface area contributed by atoms with Crippen LogP contribution in [0.1, 0.15) is 0 Å². The molecule has 12 heteroatoms. The van der Waals surface area contributed by atoms with E-state index in [-0.39, 0.29) is 11.1 Å². The first-order valence-corrected chi connectivity index (χ1v) is 15.9. The fourth-order valence-electron chi connectivity index (χ4n) is 4.88. The molecule has 0 aliphatic carbocycles. The van der Waals surface area contributed by atoms with Crippen molar-refractivity contribution in [1.82, 2.24) is 19.6 Å². The second-order valence-corrected chi connectivity index (χ2v) is 13.8. The van der Waals surface area contributed by atoms with E-state index in [1.807, 2.05) is 60.7 Å². The van der Waals surface area contributed by atoms with E-state index >= 15 is 0 Å². The molecule has 2 N–H and O–H groups in total. The zero-order chi connectivity index (χ0) is 29.1. The molecule has 0 saturated carbocycles. The number of benzene rings is 3. The summed E-state index contributed by atoms with van der Waals surface area (Å²) in [5, 5.41) is 8.31. The van der Waals surface area contributed by atoms with E-state index in [1.54, 1.807) is 14.2 Å². The zero-order valence-electron chi connectivity index (χ0n) is 22.3. The number of hydrogen-bond acceptors (Lipinski definition) is 8. The smallest absolute Gasteiger partial charge is 0.280 e. The molecule has 0 atom stereocenters. The van der Waals surface area contributed by atoms with E-state index in [2.05, 4.69) is 23.4 Å². The van der Waals surface area contributed by atoms with Gasteiger partial charge < -0.3 is 9.47 Å². The van der Waals surface area contributed by atoms with Crippen LogP contribution >= 0.6 is 47.0 Å². The molecule has 0 saturated heterocycles. The largest absolute Gasteiger partial charge is 0.494 e. The number of aromatic amines is 2. The first kappa shape index (κ1) is 27.0. The van der Waals surface area contributed by atoms with E-state index < -0.39 is 0 Å². The van der Waals surface area contributed by atoms with Crippen molar-refractivity contribution < 1.29 is 9.47 Å². The van der Waals surface area contributed by atoms with Gasteiger partial charge in [-0.3, -0.25) is 19.8 Å². The summed E-state index contributed by atoms with van der Waals surface area (Å²) in [6.07, 6.45) is 0. The lowest BCUT2D eigenvalue weighted by molar-refractivity contribution is 0.365. The average molecular weight is 631 g/mol. The predicted octanol–water partition coefficient (Wildman–Crippen LogP) is 3.41. The Morgan fingerprint density at radius 1 is 0.595 bits per heavy atom. The number of hydrogen-bond donors (Lipinski definition) is 2. The van der Waals surface area contributed by atoms with Gasteiger partial charge in [-0.15, -0.1) is 0 Å². The molecule has 0 bridgehead atoms. The van der Waals surface area contributed by atoms with Gasteiger partial charge in [-0.2, -0.15) is 0 Å². The average Bonchev–Trinajstić information content (AvgIpc) is 3.76. The standard InChI is InChI=1S/C30H22N4O4S4/c1-15-19(27(35)33(31-15)17-11-7-5-8-12-17)29-39-23-21(37-3)25-26(22(38-4)24(23)40-29)42-30(41-25)20-16(2)32-34(28(20)36)18-13-9-6-10-14-18/h5-14,31-32H,1-2H2,3-4H3. The minimum Gasteiger partial charge on any atom is -0.494 e. The molecular weight excluding hydrogens is 609 g/mol. The third kappa shape index (κ3) is 4.12. The van der Waals surface area contributed by atoms with Crippen molar-refractivity contribution in [2.75, 3.05) is 14.2 Å². The molecule has 7 rings (SSSR count). The van der Waals surface area contributed by atoms with Crippen LogP contribution in [0.15, 0.2) is 89.8 Å². The Kier molecular flexibility index (Phi) is 6.73. The summed E-state index contributed by atoms with van der Waals surface area (Å²) in [6, 6.07) is 18.8. The first-order chi connectivity index (χ1) is 20.4. The van der Waals surface area contributed by atoms with Crippen LogP contribution in [0.5, 0.6) is 11.5 Å². The van der Waals surface area contributed by atoms with E-state index in [1.165, 1.54) is 56.4 Å². The highest BCUT2D eigenvalue weighted by atomic mass is 32.2. The van der Waals surface area contributed by atoms with Gasteiger partial charge in [0.2, 0.25) is 0 Å². The number of thioether (sulfide) groups is 4. The third-order valence-electron chi connectivity index (χ3n) is 6.79. The van der Waals surface area contributed by atoms with E-state index in [9.17, 15) is 9.59 Å². The van der Waals surface area contributed by atoms with Crippen molar-refractivity contribution in [3.63, 3.8) is 0 Å². The minimum absolute atomic E-state index is 0.177. The second-order valence-electron chi connectivity index (χ2n) is 9.25. The van der Waals surface area contributed by atoms with Gasteiger partial charge in [0.1, 0.15) is 11.5 Å². The Bertz CT molecular complexity index is 2050. The Balaban J connectivity index is 1.37. The molecule has 0 radical (unpaired) electrons. The molecule has 0 unspecified atom stereocenters. The summed E-state index contributed by atoms with van der Waals surface area (Å²) in [4.78, 5) is 30.5. The molecule has 0 spiro atoms. The van der Waals surface area contributed by atoms with Crippen molar-refractivity contribution in [3.05, 3.63) is 103 Å². The summed E-state index contributed by atoms with van der Waals surface area (Å²) >= 11 is 5.85. The molecule has 4 heterocycles. The van der Waals surface area contributed by atoms with Crippen molar-refractivity contribution in [2.24, 2.45) is 0 Å². The number of nitrogens with zero attached hydrogens (tertiary/aromatic N) is 2. The van der Waals surface area contributed by atoms with Crippen LogP contribution in [-0.4, -0.2) is 33.8 Å². The molecule has 3 aromatic carbocycles. The molecule has 210 valence electrons. The lowest BCUT2D eigenvalue weighted by Crippen LogP contribution is -2.35. The Morgan fingerprint density at radius 3 is 1.24 bits per heavy atom. The number of methoxy groups -OCH3 is 2. The van der Waals surface area contributed by atoms with Gasteiger partial charge in [0.05, 0.1) is 74.8 Å². The molecule has 42 heavy (non-hydrogen) atoms. The van der Waals surface area contributed by atoms with Gasteiger partial charge in [-0.1, -0.05) is 96.6 Å². The highest BCUT2D eigenvalue weighted by Gasteiger charge is 2.37. The minimum atomic E-state index is -0.177. The number of nitrogens with one attached hydrogen (secondary N) is 2. The zero-order valence-corrected chi connectivity index (χ0v) is 25.6. The van der Waals surface area contributed by atoms with E-state index in [4.69, 9.17) is 9.47 Å². The first-order valence-electron chi connectivity index (χ1n) is 12.6. The molecule has 2 aliphatic rings. The lowest BCUT2D eigenvalue weighted by Gasteiger charge is -2.14. The van der Waals surface area contributed by atoms with Crippen molar-refractivity contribution in [2.45, 2.75) is 19.6 Å². The summed E-state index contributed by atoms with van der Waals surface area (Å²) in [7, 11) is 3.26. The Hall–Kier alpha value is -3.84. The van der Waals surface area contributed by atoms with Crippen LogP contribution in [0.3, 0.4) is 0 Å². The maximum absolute atomic E-state index is 13.5. The van der Waals surface area contributed by atoms with Gasteiger partial charge in [0.15, 0.2) is 0 Å². The van der Waals surface area contributed by atoms with Crippen LogP contribution < -0.4 is 41.7 Å². The Morgan fingerprint density at radius 2 is 0.929 bits per heavy atom. The van der Waals surface area contributed by atoms with E-state index in [0.29, 0.717) is 32.6 Å². The maximum atomic E-state index is 13.5. The quantitative estimate of drug-likeness (QED) is 0.312. The lowest BCUT2D eigenvalue weighted by atomic mass is 10.3. The number of rotatable bonds is 4. The van der Waals surface area contributed by atoms with Crippen LogP contribution in [-0.2, 0) is 0 Å². The van der Waals surface area contributed by atoms with Crippen molar-refractivity contribution >= 4 is 68.7 Å². The van der Waals surface area contributed by atoms with Crippen molar-refractivity contribution in [3.8, 4) is 22.9 Å². The fourth-order valence-corrected chi connectivity index (χ4v) is 10.7. The number of fused-ring (bicyclic) bond motifs is 2. The summed E-state index contributed by atoms with van der Waals surface area (Å²) in [5.41, 5.74) is 1.11. The van der Waals surface area contributed by atoms with E-state index in [0.717, 1.165) is 39.4 Å². The summed E-state index contributed by atoms with van der Waals surface area (Å²) in [5.74, 6) is 1.35. The normalized spacial score (nSPS) is 13.9. The van der Waals surface area contributed by atoms with Crippen LogP contribution in [0.25, 0.3) is 33.0 Å². The topological polar surface area (TPSA) is 94.0 Å². The molecular formula is C30H22N4O4S4. The van der Waals surface area contributed by atoms with Crippen LogP contribution in [0, 0.1) is 0 Å². The fraction of sp³-hybridized carbons (Fsp3) is 0.0667. The van der Waals surface area contributed by atoms with Crippen LogP contribution in [0.4, 0.5) is 0 Å². The molecule has 5 aromatic rings. The SMILES string of the molecule is C=c1[nH]n(-c2ccccc2)c(=O)c1=C1Sc2c(OC)c3c(c(OC)c2S1)SC(=c1c(=C)[nH]n(-c2ccccc2)c1=O)S3. The Labute approximate surface area is 255 Å². The summed E-state index contributed by atoms with van der Waals surface area (Å²) < 4.78 is 16.5. The van der Waals surface area contributed by atoms with Gasteiger partial charge in [-0.05, 0) is 24.3 Å². The highest BCUT2D eigenvalue weighted by Crippen LogP contribution is 2.67. The predicted molar refractivity (Wildman–Crippen MR) is 172 cm³/mol. The van der Waals surface area contributed by atoms with Gasteiger partial charge in [0, 0.05) is 0 Å². The van der Waals surface area contributed by atoms with Crippen molar-refractivity contribution in [1.29, 1.82) is 0 Å². The second kappa shape index (κ2) is 10.5. The number of para-hydroxylation sites is 2. The number of ether oxygens (including phenoxy) is 2. The molecule has 2 aliphatic heterocycles.